The van der Waals surface area contributed by atoms with Gasteiger partial charge in [-0.05, 0) is 25.7 Å². The number of carbonyl (C=O) groups excluding carboxylic acids is 1. The van der Waals surface area contributed by atoms with Crippen LogP contribution in [0.4, 0.5) is 5.82 Å². The highest BCUT2D eigenvalue weighted by molar-refractivity contribution is 5.94. The number of fused-ring (bicyclic) bond motifs is 1. The van der Waals surface area contributed by atoms with E-state index in [4.69, 9.17) is 9.84 Å². The highest BCUT2D eigenvalue weighted by Gasteiger charge is 2.38. The molecule has 6 nitrogen and oxygen atoms in total. The summed E-state index contributed by atoms with van der Waals surface area (Å²) in [6, 6.07) is 2.59. The summed E-state index contributed by atoms with van der Waals surface area (Å²) >= 11 is 0. The Morgan fingerprint density at radius 1 is 1.45 bits per heavy atom. The van der Waals surface area contributed by atoms with E-state index in [0.29, 0.717) is 23.7 Å². The normalized spacial score (nSPS) is 30.1. The Labute approximate surface area is 118 Å². The fraction of sp³-hybridized carbons (Fsp3) is 0.714. The Balaban J connectivity index is 1.68. The zero-order valence-electron chi connectivity index (χ0n) is 11.7. The molecule has 3 aliphatic rings. The molecule has 4 rings (SSSR count). The molecule has 1 saturated carbocycles. The van der Waals surface area contributed by atoms with Crippen LogP contribution in [-0.4, -0.2) is 48.0 Å². The first-order valence-corrected chi connectivity index (χ1v) is 7.46. The minimum absolute atomic E-state index is 0.00145. The smallest absolute Gasteiger partial charge is 0.269 e. The summed E-state index contributed by atoms with van der Waals surface area (Å²) in [6.45, 7) is 5.14. The van der Waals surface area contributed by atoms with Crippen LogP contribution >= 0.6 is 0 Å². The minimum Gasteiger partial charge on any atom is -0.377 e. The van der Waals surface area contributed by atoms with E-state index in [0.717, 1.165) is 32.1 Å². The molecule has 1 saturated heterocycles. The quantitative estimate of drug-likeness (QED) is 0.868. The van der Waals surface area contributed by atoms with Crippen molar-refractivity contribution in [2.24, 2.45) is 5.92 Å². The third-order valence-corrected chi connectivity index (χ3v) is 4.57. The summed E-state index contributed by atoms with van der Waals surface area (Å²) in [5, 5.41) is 7.74. The zero-order chi connectivity index (χ0) is 13.7. The van der Waals surface area contributed by atoms with Gasteiger partial charge in [0, 0.05) is 19.2 Å². The first-order valence-electron chi connectivity index (χ1n) is 7.46. The molecule has 1 aliphatic carbocycles. The number of morpholine rings is 1. The van der Waals surface area contributed by atoms with Crippen molar-refractivity contribution >= 4 is 11.7 Å². The van der Waals surface area contributed by atoms with Gasteiger partial charge in [-0.2, -0.15) is 5.10 Å². The molecule has 1 aromatic rings. The number of rotatable bonds is 2. The molecule has 0 aromatic carbocycles. The molecular formula is C14H20N4O2. The van der Waals surface area contributed by atoms with E-state index in [2.05, 4.69) is 17.1 Å². The molecule has 1 N–H and O–H groups in total. The summed E-state index contributed by atoms with van der Waals surface area (Å²) in [4.78, 5) is 14.3. The highest BCUT2D eigenvalue weighted by atomic mass is 16.5. The van der Waals surface area contributed by atoms with Crippen LogP contribution in [0.1, 0.15) is 36.3 Å². The number of amides is 1. The van der Waals surface area contributed by atoms with E-state index in [1.165, 1.54) is 12.8 Å². The van der Waals surface area contributed by atoms with Gasteiger partial charge in [-0.3, -0.25) is 9.48 Å². The average Bonchev–Trinajstić information content (AvgIpc) is 3.18. The summed E-state index contributed by atoms with van der Waals surface area (Å²) in [7, 11) is 0. The molecule has 2 fully saturated rings. The Kier molecular flexibility index (Phi) is 2.73. The van der Waals surface area contributed by atoms with E-state index in [-0.39, 0.29) is 5.91 Å². The van der Waals surface area contributed by atoms with Gasteiger partial charge in [0.1, 0.15) is 5.69 Å². The maximum atomic E-state index is 12.0. The topological polar surface area (TPSA) is 59.4 Å². The van der Waals surface area contributed by atoms with Crippen molar-refractivity contribution in [2.75, 3.05) is 31.2 Å². The van der Waals surface area contributed by atoms with Crippen molar-refractivity contribution in [3.8, 4) is 0 Å². The second-order valence-corrected chi connectivity index (χ2v) is 6.06. The van der Waals surface area contributed by atoms with Crippen LogP contribution in [0.3, 0.4) is 0 Å². The van der Waals surface area contributed by atoms with Crippen molar-refractivity contribution in [1.29, 1.82) is 0 Å². The number of aromatic nitrogens is 2. The van der Waals surface area contributed by atoms with Crippen LogP contribution in [0.2, 0.25) is 0 Å². The Hall–Kier alpha value is -1.56. The van der Waals surface area contributed by atoms with E-state index >= 15 is 0 Å². The van der Waals surface area contributed by atoms with Crippen LogP contribution in [0.5, 0.6) is 0 Å². The van der Waals surface area contributed by atoms with E-state index in [9.17, 15) is 4.79 Å². The summed E-state index contributed by atoms with van der Waals surface area (Å²) in [6.07, 6.45) is 2.51. The fourth-order valence-corrected chi connectivity index (χ4v) is 3.23. The maximum absolute atomic E-state index is 12.0. The molecular weight excluding hydrogens is 256 g/mol. The van der Waals surface area contributed by atoms with Crippen LogP contribution < -0.4 is 10.2 Å². The van der Waals surface area contributed by atoms with Gasteiger partial charge in [0.15, 0.2) is 5.82 Å². The lowest BCUT2D eigenvalue weighted by Crippen LogP contribution is -2.44. The molecule has 1 aromatic heterocycles. The largest absolute Gasteiger partial charge is 0.377 e. The Morgan fingerprint density at radius 2 is 2.30 bits per heavy atom. The minimum atomic E-state index is 0.00145. The maximum Gasteiger partial charge on any atom is 0.269 e. The molecule has 0 radical (unpaired) electrons. The van der Waals surface area contributed by atoms with Gasteiger partial charge in [-0.25, -0.2) is 0 Å². The first-order chi connectivity index (χ1) is 9.74. The van der Waals surface area contributed by atoms with E-state index in [1.54, 1.807) is 0 Å². The third-order valence-electron chi connectivity index (χ3n) is 4.57. The summed E-state index contributed by atoms with van der Waals surface area (Å²) in [5.41, 5.74) is 0.710. The van der Waals surface area contributed by atoms with Gasteiger partial charge < -0.3 is 15.0 Å². The van der Waals surface area contributed by atoms with Gasteiger partial charge in [0.2, 0.25) is 0 Å². The molecule has 0 spiro atoms. The van der Waals surface area contributed by atoms with Crippen molar-refractivity contribution in [3.63, 3.8) is 0 Å². The average molecular weight is 276 g/mol. The molecule has 2 atom stereocenters. The monoisotopic (exact) mass is 276 g/mol. The molecule has 108 valence electrons. The number of nitrogens with one attached hydrogen (secondary N) is 1. The lowest BCUT2D eigenvalue weighted by atomic mass is 10.1. The molecule has 0 bridgehead atoms. The predicted octanol–water partition coefficient (Wildman–Crippen LogP) is 0.803. The standard InChI is InChI=1S/C14H20N4O2/c1-9-8-20-5-4-17(9)13-6-11-14(19)15-7-12(10-2-3-10)18(11)16-13/h6,9-10,12H,2-5,7-8H2,1H3,(H,15,19)/t9-,12+/m1/s1. The Bertz CT molecular complexity index is 537. The Morgan fingerprint density at radius 3 is 3.05 bits per heavy atom. The number of anilines is 1. The third kappa shape index (κ3) is 1.90. The number of ether oxygens (including phenoxy) is 1. The second-order valence-electron chi connectivity index (χ2n) is 6.06. The van der Waals surface area contributed by atoms with Gasteiger partial charge >= 0.3 is 0 Å². The molecule has 2 aliphatic heterocycles. The van der Waals surface area contributed by atoms with E-state index in [1.807, 2.05) is 10.7 Å². The van der Waals surface area contributed by atoms with Crippen LogP contribution in [0, 0.1) is 5.92 Å². The molecule has 1 amide bonds. The molecule has 0 unspecified atom stereocenters. The van der Waals surface area contributed by atoms with Crippen molar-refractivity contribution < 1.29 is 9.53 Å². The summed E-state index contributed by atoms with van der Waals surface area (Å²) < 4.78 is 7.44. The lowest BCUT2D eigenvalue weighted by Gasteiger charge is -2.33. The zero-order valence-corrected chi connectivity index (χ0v) is 11.7. The SMILES string of the molecule is C[C@@H]1COCCN1c1cc2n(n1)[C@H](C1CC1)CNC2=O. The van der Waals surface area contributed by atoms with Gasteiger partial charge in [0.25, 0.3) is 5.91 Å². The molecule has 20 heavy (non-hydrogen) atoms. The number of hydrogen-bond donors (Lipinski definition) is 1. The number of nitrogens with zero attached hydrogens (tertiary/aromatic N) is 3. The first kappa shape index (κ1) is 12.2. The second kappa shape index (κ2) is 4.48. The van der Waals surface area contributed by atoms with Crippen molar-refractivity contribution in [1.82, 2.24) is 15.1 Å². The number of carbonyl (C=O) groups is 1. The summed E-state index contributed by atoms with van der Waals surface area (Å²) in [5.74, 6) is 1.60. The van der Waals surface area contributed by atoms with E-state index < -0.39 is 0 Å². The van der Waals surface area contributed by atoms with Crippen LogP contribution in [-0.2, 0) is 4.74 Å². The lowest BCUT2D eigenvalue weighted by molar-refractivity contribution is 0.0903. The van der Waals surface area contributed by atoms with Crippen LogP contribution in [0.15, 0.2) is 6.07 Å². The predicted molar refractivity (Wildman–Crippen MR) is 73.9 cm³/mol. The van der Waals surface area contributed by atoms with Crippen molar-refractivity contribution in [3.05, 3.63) is 11.8 Å². The highest BCUT2D eigenvalue weighted by Crippen LogP contribution is 2.41. The van der Waals surface area contributed by atoms with Crippen molar-refractivity contribution in [2.45, 2.75) is 31.8 Å². The molecule has 6 heteroatoms. The van der Waals surface area contributed by atoms with Crippen LogP contribution in [0.25, 0.3) is 0 Å². The fourth-order valence-electron chi connectivity index (χ4n) is 3.23. The number of hydrogen-bond acceptors (Lipinski definition) is 4. The molecule has 3 heterocycles. The van der Waals surface area contributed by atoms with Gasteiger partial charge in [-0.1, -0.05) is 0 Å². The van der Waals surface area contributed by atoms with Gasteiger partial charge in [0.05, 0.1) is 25.3 Å². The van der Waals surface area contributed by atoms with Gasteiger partial charge in [-0.15, -0.1) is 0 Å².